The number of hydrogen-bond donors (Lipinski definition) is 3. The number of hydrogen-bond acceptors (Lipinski definition) is 2. The summed E-state index contributed by atoms with van der Waals surface area (Å²) in [5, 5.41) is 1.90. The maximum absolute atomic E-state index is 12.3. The zero-order valence-electron chi connectivity index (χ0n) is 13.0. The summed E-state index contributed by atoms with van der Waals surface area (Å²) in [5.74, 6) is -0.229. The number of nitrogens with zero attached hydrogens (tertiary/aromatic N) is 1. The number of aromatic nitrogens is 3. The Morgan fingerprint density at radius 1 is 1.21 bits per heavy atom. The highest BCUT2D eigenvalue weighted by Crippen LogP contribution is 2.27. The van der Waals surface area contributed by atoms with Crippen molar-refractivity contribution >= 4 is 16.9 Å². The molecule has 3 rings (SSSR count). The van der Waals surface area contributed by atoms with Gasteiger partial charge in [-0.25, -0.2) is 4.98 Å². The van der Waals surface area contributed by atoms with Gasteiger partial charge in [-0.2, -0.15) is 13.2 Å². The van der Waals surface area contributed by atoms with Gasteiger partial charge >= 0.3 is 6.18 Å². The number of nitrogens with one attached hydrogen (secondary N) is 3. The fourth-order valence-electron chi connectivity index (χ4n) is 2.67. The van der Waals surface area contributed by atoms with Crippen molar-refractivity contribution in [3.63, 3.8) is 0 Å². The molecular formula is C16H15F3N4O. The lowest BCUT2D eigenvalue weighted by Gasteiger charge is -2.08. The highest BCUT2D eigenvalue weighted by atomic mass is 19.4. The van der Waals surface area contributed by atoms with Crippen molar-refractivity contribution in [3.8, 4) is 11.5 Å². The van der Waals surface area contributed by atoms with Crippen molar-refractivity contribution in [1.29, 1.82) is 0 Å². The van der Waals surface area contributed by atoms with Gasteiger partial charge in [-0.05, 0) is 31.5 Å². The van der Waals surface area contributed by atoms with Gasteiger partial charge in [-0.1, -0.05) is 12.1 Å². The van der Waals surface area contributed by atoms with Crippen molar-refractivity contribution in [1.82, 2.24) is 20.3 Å². The number of carbonyl (C=O) groups excluding carboxylic acids is 1. The van der Waals surface area contributed by atoms with E-state index in [2.05, 4.69) is 15.0 Å². The summed E-state index contributed by atoms with van der Waals surface area (Å²) >= 11 is 0. The number of benzene rings is 1. The normalized spacial score (nSPS) is 11.9. The highest BCUT2D eigenvalue weighted by molar-refractivity contribution is 5.98. The second-order valence-corrected chi connectivity index (χ2v) is 5.53. The first-order chi connectivity index (χ1) is 11.3. The van der Waals surface area contributed by atoms with E-state index in [1.165, 1.54) is 0 Å². The van der Waals surface area contributed by atoms with Crippen LogP contribution in [0.2, 0.25) is 0 Å². The summed E-state index contributed by atoms with van der Waals surface area (Å²) in [6.07, 6.45) is -4.45. The molecule has 0 saturated heterocycles. The van der Waals surface area contributed by atoms with E-state index in [4.69, 9.17) is 0 Å². The molecule has 0 atom stereocenters. The number of rotatable bonds is 3. The molecule has 24 heavy (non-hydrogen) atoms. The Labute approximate surface area is 135 Å². The molecule has 126 valence electrons. The quantitative estimate of drug-likeness (QED) is 0.685. The van der Waals surface area contributed by atoms with Crippen LogP contribution in [0.1, 0.15) is 21.6 Å². The fourth-order valence-corrected chi connectivity index (χ4v) is 2.67. The lowest BCUT2D eigenvalue weighted by Crippen LogP contribution is -2.34. The molecule has 0 unspecified atom stereocenters. The summed E-state index contributed by atoms with van der Waals surface area (Å²) in [5.41, 5.74) is 3.42. The van der Waals surface area contributed by atoms with Crippen LogP contribution < -0.4 is 5.32 Å². The minimum absolute atomic E-state index is 0.203. The summed E-state index contributed by atoms with van der Waals surface area (Å²) in [6.45, 7) is 1.95. The van der Waals surface area contributed by atoms with Crippen molar-refractivity contribution in [2.45, 2.75) is 20.0 Å². The number of imidazole rings is 1. The molecule has 0 spiro atoms. The Kier molecular flexibility index (Phi) is 3.82. The molecule has 3 N–H and O–H groups in total. The van der Waals surface area contributed by atoms with E-state index >= 15 is 0 Å². The second-order valence-electron chi connectivity index (χ2n) is 5.53. The molecule has 0 aliphatic carbocycles. The SMILES string of the molecule is Cc1[nH]c(-c2nc3ccccc3[nH]2)c(C)c1C(=O)NCC(F)(F)F. The fraction of sp³-hybridized carbons (Fsp3) is 0.250. The van der Waals surface area contributed by atoms with Crippen LogP contribution in [-0.4, -0.2) is 33.6 Å². The first-order valence-corrected chi connectivity index (χ1v) is 7.25. The predicted octanol–water partition coefficient (Wildman–Crippen LogP) is 3.47. The van der Waals surface area contributed by atoms with Crippen molar-refractivity contribution in [2.75, 3.05) is 6.54 Å². The smallest absolute Gasteiger partial charge is 0.355 e. The molecule has 0 bridgehead atoms. The summed E-state index contributed by atoms with van der Waals surface area (Å²) in [4.78, 5) is 22.7. The van der Waals surface area contributed by atoms with E-state index in [0.29, 0.717) is 22.8 Å². The number of alkyl halides is 3. The molecule has 1 aromatic carbocycles. The minimum atomic E-state index is -4.45. The minimum Gasteiger partial charge on any atom is -0.355 e. The van der Waals surface area contributed by atoms with Gasteiger partial charge in [0.25, 0.3) is 5.91 Å². The Hall–Kier alpha value is -2.77. The topological polar surface area (TPSA) is 73.6 Å². The van der Waals surface area contributed by atoms with Gasteiger partial charge in [0, 0.05) is 5.69 Å². The second kappa shape index (κ2) is 5.70. The predicted molar refractivity (Wildman–Crippen MR) is 83.7 cm³/mol. The number of para-hydroxylation sites is 2. The highest BCUT2D eigenvalue weighted by Gasteiger charge is 2.29. The molecule has 2 heterocycles. The molecule has 2 aromatic heterocycles. The molecule has 0 radical (unpaired) electrons. The molecule has 0 aliphatic heterocycles. The molecular weight excluding hydrogens is 321 g/mol. The van der Waals surface area contributed by atoms with Crippen molar-refractivity contribution in [3.05, 3.63) is 41.1 Å². The maximum Gasteiger partial charge on any atom is 0.405 e. The van der Waals surface area contributed by atoms with Gasteiger partial charge in [-0.15, -0.1) is 0 Å². The number of halogens is 3. The van der Waals surface area contributed by atoms with Crippen molar-refractivity contribution < 1.29 is 18.0 Å². The van der Waals surface area contributed by atoms with E-state index in [1.807, 2.05) is 29.6 Å². The zero-order valence-corrected chi connectivity index (χ0v) is 13.0. The number of aromatic amines is 2. The van der Waals surface area contributed by atoms with E-state index < -0.39 is 18.6 Å². The molecule has 0 saturated carbocycles. The van der Waals surface area contributed by atoms with Crippen molar-refractivity contribution in [2.24, 2.45) is 0 Å². The summed E-state index contributed by atoms with van der Waals surface area (Å²) < 4.78 is 36.9. The van der Waals surface area contributed by atoms with Gasteiger partial charge in [0.05, 0.1) is 22.3 Å². The first kappa shape index (κ1) is 16.1. The van der Waals surface area contributed by atoms with Gasteiger partial charge in [0.2, 0.25) is 0 Å². The monoisotopic (exact) mass is 336 g/mol. The third kappa shape index (κ3) is 2.99. The van der Waals surface area contributed by atoms with Crippen LogP contribution in [0.4, 0.5) is 13.2 Å². The number of carbonyl (C=O) groups is 1. The van der Waals surface area contributed by atoms with Crippen LogP contribution in [-0.2, 0) is 0 Å². The Balaban J connectivity index is 1.95. The van der Waals surface area contributed by atoms with Gasteiger partial charge in [-0.3, -0.25) is 4.79 Å². The lowest BCUT2D eigenvalue weighted by atomic mass is 10.1. The number of fused-ring (bicyclic) bond motifs is 1. The third-order valence-corrected chi connectivity index (χ3v) is 3.74. The van der Waals surface area contributed by atoms with E-state index in [9.17, 15) is 18.0 Å². The number of H-pyrrole nitrogens is 2. The van der Waals surface area contributed by atoms with Crippen LogP contribution in [0.5, 0.6) is 0 Å². The van der Waals surface area contributed by atoms with Crippen LogP contribution in [0, 0.1) is 13.8 Å². The zero-order chi connectivity index (χ0) is 17.5. The molecule has 5 nitrogen and oxygen atoms in total. The Morgan fingerprint density at radius 3 is 2.58 bits per heavy atom. The third-order valence-electron chi connectivity index (χ3n) is 3.74. The Morgan fingerprint density at radius 2 is 1.92 bits per heavy atom. The van der Waals surface area contributed by atoms with Crippen LogP contribution in [0.3, 0.4) is 0 Å². The van der Waals surface area contributed by atoms with E-state index in [1.54, 1.807) is 13.8 Å². The van der Waals surface area contributed by atoms with Crippen LogP contribution >= 0.6 is 0 Å². The lowest BCUT2D eigenvalue weighted by molar-refractivity contribution is -0.123. The van der Waals surface area contributed by atoms with Gasteiger partial charge < -0.3 is 15.3 Å². The number of amides is 1. The Bertz CT molecular complexity index is 875. The largest absolute Gasteiger partial charge is 0.405 e. The molecule has 8 heteroatoms. The molecule has 1 amide bonds. The molecule has 0 fully saturated rings. The first-order valence-electron chi connectivity index (χ1n) is 7.25. The molecule has 3 aromatic rings. The maximum atomic E-state index is 12.3. The molecule has 0 aliphatic rings. The van der Waals surface area contributed by atoms with E-state index in [0.717, 1.165) is 11.0 Å². The van der Waals surface area contributed by atoms with Gasteiger partial charge in [0.1, 0.15) is 6.54 Å². The van der Waals surface area contributed by atoms with Gasteiger partial charge in [0.15, 0.2) is 5.82 Å². The average molecular weight is 336 g/mol. The standard InChI is InChI=1S/C16H15F3N4O/c1-8-12(15(24)20-7-16(17,18)19)9(2)21-13(8)14-22-10-5-3-4-6-11(10)23-14/h3-6,21H,7H2,1-2H3,(H,20,24)(H,22,23). The van der Waals surface area contributed by atoms with E-state index in [-0.39, 0.29) is 5.56 Å². The van der Waals surface area contributed by atoms with Crippen LogP contribution in [0.25, 0.3) is 22.6 Å². The van der Waals surface area contributed by atoms with Crippen LogP contribution in [0.15, 0.2) is 24.3 Å². The summed E-state index contributed by atoms with van der Waals surface area (Å²) in [6, 6.07) is 7.44. The summed E-state index contributed by atoms with van der Waals surface area (Å²) in [7, 11) is 0. The number of aryl methyl sites for hydroxylation is 1. The average Bonchev–Trinajstić information content (AvgIpc) is 3.05.